The van der Waals surface area contributed by atoms with Gasteiger partial charge < -0.3 is 10.2 Å². The number of nitrogens with one attached hydrogen (secondary N) is 1. The molecule has 0 saturated heterocycles. The lowest BCUT2D eigenvalue weighted by Crippen LogP contribution is -2.24. The van der Waals surface area contributed by atoms with Crippen molar-refractivity contribution < 1.29 is 4.79 Å². The summed E-state index contributed by atoms with van der Waals surface area (Å²) in [6.07, 6.45) is 4.28. The van der Waals surface area contributed by atoms with Crippen LogP contribution in [-0.4, -0.2) is 35.3 Å². The van der Waals surface area contributed by atoms with Crippen molar-refractivity contribution in [2.45, 2.75) is 44.3 Å². The smallest absolute Gasteiger partial charge is 0.262 e. The topological polar surface area (TPSA) is 67.2 Å². The van der Waals surface area contributed by atoms with Crippen LogP contribution in [0.25, 0.3) is 10.9 Å². The highest BCUT2D eigenvalue weighted by atomic mass is 32.2. The fourth-order valence-corrected chi connectivity index (χ4v) is 4.15. The van der Waals surface area contributed by atoms with E-state index in [1.807, 2.05) is 67.5 Å². The number of rotatable bonds is 10. The normalized spacial score (nSPS) is 10.9. The van der Waals surface area contributed by atoms with Gasteiger partial charge in [-0.3, -0.25) is 14.2 Å². The maximum absolute atomic E-state index is 13.0. The van der Waals surface area contributed by atoms with E-state index in [1.54, 1.807) is 4.57 Å². The van der Waals surface area contributed by atoms with Crippen LogP contribution in [0, 0.1) is 0 Å². The van der Waals surface area contributed by atoms with Gasteiger partial charge in [0.25, 0.3) is 5.56 Å². The Labute approximate surface area is 187 Å². The number of unbranched alkanes of at least 4 members (excludes halogenated alkanes) is 3. The second-order valence-electron chi connectivity index (χ2n) is 7.71. The molecule has 0 aliphatic heterocycles. The molecule has 164 valence electrons. The van der Waals surface area contributed by atoms with Gasteiger partial charge in [0.2, 0.25) is 5.91 Å². The van der Waals surface area contributed by atoms with Crippen LogP contribution < -0.4 is 15.8 Å². The Balaban J connectivity index is 1.72. The summed E-state index contributed by atoms with van der Waals surface area (Å²) in [5.74, 6) is 0.0670. The number of carbonyl (C=O) groups is 1. The van der Waals surface area contributed by atoms with Gasteiger partial charge in [0.15, 0.2) is 5.16 Å². The van der Waals surface area contributed by atoms with E-state index in [2.05, 4.69) is 17.2 Å². The van der Waals surface area contributed by atoms with Crippen LogP contribution in [0.5, 0.6) is 0 Å². The van der Waals surface area contributed by atoms with Crippen molar-refractivity contribution in [2.24, 2.45) is 0 Å². The van der Waals surface area contributed by atoms with Crippen molar-refractivity contribution in [3.05, 3.63) is 58.9 Å². The van der Waals surface area contributed by atoms with E-state index in [1.165, 1.54) is 11.8 Å². The van der Waals surface area contributed by atoms with Gasteiger partial charge >= 0.3 is 0 Å². The summed E-state index contributed by atoms with van der Waals surface area (Å²) in [6.45, 7) is 2.78. The molecule has 0 saturated carbocycles. The predicted molar refractivity (Wildman–Crippen MR) is 130 cm³/mol. The van der Waals surface area contributed by atoms with Gasteiger partial charge in [-0.1, -0.05) is 50.1 Å². The Morgan fingerprint density at radius 2 is 1.81 bits per heavy atom. The number of hydrogen-bond donors (Lipinski definition) is 1. The van der Waals surface area contributed by atoms with Crippen molar-refractivity contribution in [2.75, 3.05) is 30.1 Å². The zero-order valence-corrected chi connectivity index (χ0v) is 19.2. The number of hydrogen-bond acceptors (Lipinski definition) is 5. The number of amides is 1. The molecule has 0 spiro atoms. The van der Waals surface area contributed by atoms with E-state index >= 15 is 0 Å². The molecule has 31 heavy (non-hydrogen) atoms. The van der Waals surface area contributed by atoms with E-state index < -0.39 is 0 Å². The first-order valence-electron chi connectivity index (χ1n) is 10.7. The molecule has 0 atom stereocenters. The summed E-state index contributed by atoms with van der Waals surface area (Å²) in [5, 5.41) is 4.13. The number of thioether (sulfide) groups is 1. The molecule has 2 aromatic carbocycles. The van der Waals surface area contributed by atoms with E-state index in [0.717, 1.165) is 37.1 Å². The first kappa shape index (κ1) is 22.9. The number of nitrogens with zero attached hydrogens (tertiary/aromatic N) is 3. The predicted octanol–water partition coefficient (Wildman–Crippen LogP) is 4.77. The summed E-state index contributed by atoms with van der Waals surface area (Å²) >= 11 is 1.31. The Bertz CT molecular complexity index is 1080. The maximum Gasteiger partial charge on any atom is 0.262 e. The fourth-order valence-electron chi connectivity index (χ4n) is 3.32. The third-order valence-electron chi connectivity index (χ3n) is 5.06. The first-order valence-corrected chi connectivity index (χ1v) is 11.7. The molecule has 6 nitrogen and oxygen atoms in total. The average Bonchev–Trinajstić information content (AvgIpc) is 2.77. The molecule has 1 amide bonds. The molecule has 0 aliphatic rings. The van der Waals surface area contributed by atoms with Crippen molar-refractivity contribution >= 4 is 39.9 Å². The third-order valence-corrected chi connectivity index (χ3v) is 6.04. The highest BCUT2D eigenvalue weighted by Crippen LogP contribution is 2.20. The zero-order chi connectivity index (χ0) is 22.2. The van der Waals surface area contributed by atoms with E-state index in [-0.39, 0.29) is 17.2 Å². The lowest BCUT2D eigenvalue weighted by molar-refractivity contribution is -0.113. The Hall–Kier alpha value is -2.80. The minimum Gasteiger partial charge on any atom is -0.378 e. The summed E-state index contributed by atoms with van der Waals surface area (Å²) in [5.41, 5.74) is 2.45. The number of benzene rings is 2. The van der Waals surface area contributed by atoms with Crippen molar-refractivity contribution in [1.29, 1.82) is 0 Å². The monoisotopic (exact) mass is 438 g/mol. The van der Waals surface area contributed by atoms with Crippen LogP contribution in [0.4, 0.5) is 11.4 Å². The quantitative estimate of drug-likeness (QED) is 0.280. The summed E-state index contributed by atoms with van der Waals surface area (Å²) in [7, 11) is 3.95. The minimum atomic E-state index is -0.123. The highest BCUT2D eigenvalue weighted by molar-refractivity contribution is 7.99. The molecule has 3 rings (SSSR count). The number of carbonyl (C=O) groups excluding carboxylic acids is 1. The molecule has 1 aromatic heterocycles. The van der Waals surface area contributed by atoms with Gasteiger partial charge in [-0.05, 0) is 42.8 Å². The van der Waals surface area contributed by atoms with Gasteiger partial charge in [-0.15, -0.1) is 0 Å². The molecule has 1 heterocycles. The van der Waals surface area contributed by atoms with Crippen LogP contribution in [-0.2, 0) is 11.3 Å². The number of fused-ring (bicyclic) bond motifs is 1. The SMILES string of the molecule is CCCCCCn1c(SCC(=O)Nc2ccc(N(C)C)cc2)nc2ccccc2c1=O. The van der Waals surface area contributed by atoms with Crippen molar-refractivity contribution in [3.63, 3.8) is 0 Å². The van der Waals surface area contributed by atoms with Crippen LogP contribution in [0.2, 0.25) is 0 Å². The van der Waals surface area contributed by atoms with E-state index in [0.29, 0.717) is 22.6 Å². The Kier molecular flexibility index (Phi) is 8.12. The number of para-hydroxylation sites is 1. The minimum absolute atomic E-state index is 0.0377. The molecule has 1 N–H and O–H groups in total. The second kappa shape index (κ2) is 11.0. The zero-order valence-electron chi connectivity index (χ0n) is 18.4. The fraction of sp³-hybridized carbons (Fsp3) is 0.375. The summed E-state index contributed by atoms with van der Waals surface area (Å²) in [6, 6.07) is 15.1. The van der Waals surface area contributed by atoms with Gasteiger partial charge in [-0.2, -0.15) is 0 Å². The van der Waals surface area contributed by atoms with Crippen LogP contribution in [0.3, 0.4) is 0 Å². The van der Waals surface area contributed by atoms with E-state index in [9.17, 15) is 9.59 Å². The van der Waals surface area contributed by atoms with Crippen LogP contribution >= 0.6 is 11.8 Å². The molecule has 0 aliphatic carbocycles. The molecule has 0 bridgehead atoms. The van der Waals surface area contributed by atoms with Crippen molar-refractivity contribution in [3.8, 4) is 0 Å². The lowest BCUT2D eigenvalue weighted by atomic mass is 10.2. The van der Waals surface area contributed by atoms with Gasteiger partial charge in [0.05, 0.1) is 16.7 Å². The molecule has 0 fully saturated rings. The molecule has 7 heteroatoms. The van der Waals surface area contributed by atoms with Gasteiger partial charge in [0, 0.05) is 32.0 Å². The standard InChI is InChI=1S/C24H30N4O2S/c1-4-5-6-9-16-28-23(30)20-10-7-8-11-21(20)26-24(28)31-17-22(29)25-18-12-14-19(15-13-18)27(2)3/h7-8,10-15H,4-6,9,16-17H2,1-3H3,(H,25,29). The molecule has 0 unspecified atom stereocenters. The Morgan fingerprint density at radius 1 is 1.06 bits per heavy atom. The highest BCUT2D eigenvalue weighted by Gasteiger charge is 2.13. The largest absolute Gasteiger partial charge is 0.378 e. The summed E-state index contributed by atoms with van der Waals surface area (Å²) < 4.78 is 1.72. The molecular weight excluding hydrogens is 408 g/mol. The first-order chi connectivity index (χ1) is 15.0. The Morgan fingerprint density at radius 3 is 2.52 bits per heavy atom. The van der Waals surface area contributed by atoms with Crippen LogP contribution in [0.15, 0.2) is 58.5 Å². The van der Waals surface area contributed by atoms with Crippen LogP contribution in [0.1, 0.15) is 32.6 Å². The molecule has 0 radical (unpaired) electrons. The number of anilines is 2. The van der Waals surface area contributed by atoms with E-state index in [4.69, 9.17) is 0 Å². The van der Waals surface area contributed by atoms with Gasteiger partial charge in [-0.25, -0.2) is 4.98 Å². The van der Waals surface area contributed by atoms with Crippen molar-refractivity contribution in [1.82, 2.24) is 9.55 Å². The second-order valence-corrected chi connectivity index (χ2v) is 8.65. The summed E-state index contributed by atoms with van der Waals surface area (Å²) in [4.78, 5) is 32.2. The maximum atomic E-state index is 13.0. The third kappa shape index (κ3) is 6.10. The molecule has 3 aromatic rings. The lowest BCUT2D eigenvalue weighted by Gasteiger charge is -2.14. The number of aromatic nitrogens is 2. The molecular formula is C24H30N4O2S. The van der Waals surface area contributed by atoms with Gasteiger partial charge in [0.1, 0.15) is 0 Å². The average molecular weight is 439 g/mol.